The maximum atomic E-state index is 10.5. The lowest BCUT2D eigenvalue weighted by molar-refractivity contribution is 0.152. The quantitative estimate of drug-likeness (QED) is 0.938. The van der Waals surface area contributed by atoms with Gasteiger partial charge in [0.25, 0.3) is 0 Å². The molecule has 5 nitrogen and oxygen atoms in total. The van der Waals surface area contributed by atoms with Gasteiger partial charge < -0.3 is 14.9 Å². The van der Waals surface area contributed by atoms with Crippen molar-refractivity contribution in [1.82, 2.24) is 9.78 Å². The number of nitrogens with zero attached hydrogens (tertiary/aromatic N) is 4. The molecule has 1 aliphatic rings. The minimum Gasteiger partial charge on any atom is -0.389 e. The first-order valence-corrected chi connectivity index (χ1v) is 7.87. The van der Waals surface area contributed by atoms with Crippen molar-refractivity contribution in [3.8, 4) is 0 Å². The summed E-state index contributed by atoms with van der Waals surface area (Å²) in [6, 6.07) is 10.7. The van der Waals surface area contributed by atoms with Crippen LogP contribution in [0.2, 0.25) is 0 Å². The largest absolute Gasteiger partial charge is 0.389 e. The predicted molar refractivity (Wildman–Crippen MR) is 89.4 cm³/mol. The van der Waals surface area contributed by atoms with Gasteiger partial charge in [-0.15, -0.1) is 0 Å². The fraction of sp³-hybridized carbons (Fsp3) is 0.471. The van der Waals surface area contributed by atoms with Gasteiger partial charge in [-0.2, -0.15) is 5.10 Å². The van der Waals surface area contributed by atoms with Crippen LogP contribution in [0.3, 0.4) is 0 Å². The van der Waals surface area contributed by atoms with Crippen LogP contribution in [0.25, 0.3) is 0 Å². The zero-order valence-corrected chi connectivity index (χ0v) is 13.3. The molecule has 1 aliphatic heterocycles. The summed E-state index contributed by atoms with van der Waals surface area (Å²) in [6.45, 7) is 4.40. The molecule has 5 heteroatoms. The Kier molecular flexibility index (Phi) is 4.34. The molecule has 0 radical (unpaired) electrons. The van der Waals surface area contributed by atoms with Crippen LogP contribution in [0, 0.1) is 0 Å². The molecule has 2 atom stereocenters. The van der Waals surface area contributed by atoms with Crippen LogP contribution in [0.5, 0.6) is 0 Å². The molecule has 0 fully saturated rings. The number of rotatable bonds is 4. The predicted octanol–water partition coefficient (Wildman–Crippen LogP) is 1.98. The van der Waals surface area contributed by atoms with Crippen molar-refractivity contribution in [2.75, 3.05) is 29.9 Å². The van der Waals surface area contributed by atoms with E-state index in [2.05, 4.69) is 53.1 Å². The average molecular weight is 300 g/mol. The first-order chi connectivity index (χ1) is 10.6. The van der Waals surface area contributed by atoms with E-state index < -0.39 is 6.10 Å². The van der Waals surface area contributed by atoms with Gasteiger partial charge in [0.1, 0.15) is 0 Å². The lowest BCUT2D eigenvalue weighted by Crippen LogP contribution is -2.40. The van der Waals surface area contributed by atoms with E-state index in [4.69, 9.17) is 0 Å². The van der Waals surface area contributed by atoms with Crippen LogP contribution in [-0.4, -0.2) is 47.2 Å². The molecule has 118 valence electrons. The van der Waals surface area contributed by atoms with Crippen molar-refractivity contribution < 1.29 is 5.11 Å². The highest BCUT2D eigenvalue weighted by atomic mass is 16.3. The molecule has 0 aliphatic carbocycles. The van der Waals surface area contributed by atoms with Crippen molar-refractivity contribution in [2.45, 2.75) is 32.0 Å². The number of aromatic nitrogens is 2. The van der Waals surface area contributed by atoms with Crippen LogP contribution in [0.15, 0.2) is 42.7 Å². The van der Waals surface area contributed by atoms with Gasteiger partial charge in [-0.3, -0.25) is 4.68 Å². The molecule has 0 unspecified atom stereocenters. The Morgan fingerprint density at radius 3 is 2.73 bits per heavy atom. The van der Waals surface area contributed by atoms with E-state index in [1.807, 2.05) is 12.3 Å². The van der Waals surface area contributed by atoms with Gasteiger partial charge in [0.2, 0.25) is 0 Å². The third kappa shape index (κ3) is 3.09. The van der Waals surface area contributed by atoms with Gasteiger partial charge in [0.05, 0.1) is 24.0 Å². The number of β-amino-alcohol motifs (C(OH)–C–C–N with tert-alkyl or cyclic N) is 1. The summed E-state index contributed by atoms with van der Waals surface area (Å²) < 4.78 is 1.78. The number of anilines is 2. The highest BCUT2D eigenvalue weighted by Gasteiger charge is 2.25. The second kappa shape index (κ2) is 6.40. The minimum absolute atomic E-state index is 0.401. The molecule has 1 aromatic heterocycles. The van der Waals surface area contributed by atoms with E-state index in [1.165, 1.54) is 11.4 Å². The summed E-state index contributed by atoms with van der Waals surface area (Å²) in [6.07, 6.45) is 4.26. The molecule has 0 bridgehead atoms. The van der Waals surface area contributed by atoms with Crippen molar-refractivity contribution in [2.24, 2.45) is 0 Å². The standard InChI is InChI=1S/C17H24N4O/c1-14-8-11-19(2)16-6-3-4-7-17(16)21(14)13-15(22)12-20-10-5-9-18-20/h3-7,9-10,14-15,22H,8,11-13H2,1-2H3/t14-,15-/m0/s1. The second-order valence-corrected chi connectivity index (χ2v) is 6.08. The van der Waals surface area contributed by atoms with Crippen molar-refractivity contribution in [3.05, 3.63) is 42.7 Å². The van der Waals surface area contributed by atoms with E-state index in [1.54, 1.807) is 10.9 Å². The Morgan fingerprint density at radius 2 is 2.00 bits per heavy atom. The van der Waals surface area contributed by atoms with E-state index in [9.17, 15) is 5.11 Å². The maximum Gasteiger partial charge on any atom is 0.0910 e. The monoisotopic (exact) mass is 300 g/mol. The average Bonchev–Trinajstić information content (AvgIpc) is 2.99. The first kappa shape index (κ1) is 14.9. The number of para-hydroxylation sites is 2. The Bertz CT molecular complexity index is 598. The molecule has 2 heterocycles. The van der Waals surface area contributed by atoms with E-state index in [0.717, 1.165) is 13.0 Å². The minimum atomic E-state index is -0.446. The molecule has 22 heavy (non-hydrogen) atoms. The summed E-state index contributed by atoms with van der Waals surface area (Å²) in [5.74, 6) is 0. The number of hydrogen-bond acceptors (Lipinski definition) is 4. The molecule has 0 amide bonds. The summed E-state index contributed by atoms with van der Waals surface area (Å²) in [5, 5.41) is 14.6. The molecule has 0 spiro atoms. The van der Waals surface area contributed by atoms with E-state index in [-0.39, 0.29) is 0 Å². The van der Waals surface area contributed by atoms with Gasteiger partial charge >= 0.3 is 0 Å². The van der Waals surface area contributed by atoms with Gasteiger partial charge in [-0.25, -0.2) is 0 Å². The van der Waals surface area contributed by atoms with Crippen LogP contribution in [0.4, 0.5) is 11.4 Å². The number of hydrogen-bond donors (Lipinski definition) is 1. The van der Waals surface area contributed by atoms with Crippen molar-refractivity contribution in [1.29, 1.82) is 0 Å². The van der Waals surface area contributed by atoms with Gasteiger partial charge in [0, 0.05) is 38.6 Å². The molecule has 1 N–H and O–H groups in total. The number of benzene rings is 1. The van der Waals surface area contributed by atoms with Gasteiger partial charge in [-0.1, -0.05) is 12.1 Å². The van der Waals surface area contributed by atoms with Crippen LogP contribution < -0.4 is 9.80 Å². The van der Waals surface area contributed by atoms with Crippen LogP contribution >= 0.6 is 0 Å². The topological polar surface area (TPSA) is 44.5 Å². The van der Waals surface area contributed by atoms with Gasteiger partial charge in [-0.05, 0) is 31.5 Å². The smallest absolute Gasteiger partial charge is 0.0910 e. The molecule has 1 aromatic carbocycles. The van der Waals surface area contributed by atoms with E-state index in [0.29, 0.717) is 19.1 Å². The summed E-state index contributed by atoms with van der Waals surface area (Å²) >= 11 is 0. The Hall–Kier alpha value is -2.01. The Morgan fingerprint density at radius 1 is 1.23 bits per heavy atom. The number of fused-ring (bicyclic) bond motifs is 1. The molecule has 3 rings (SSSR count). The lowest BCUT2D eigenvalue weighted by atomic mass is 10.1. The molecule has 0 saturated carbocycles. The Balaban J connectivity index is 1.80. The molecule has 0 saturated heterocycles. The van der Waals surface area contributed by atoms with Crippen LogP contribution in [0.1, 0.15) is 13.3 Å². The highest BCUT2D eigenvalue weighted by molar-refractivity contribution is 5.72. The summed E-state index contributed by atoms with van der Waals surface area (Å²) in [5.41, 5.74) is 2.44. The first-order valence-electron chi connectivity index (χ1n) is 7.87. The fourth-order valence-electron chi connectivity index (χ4n) is 3.11. The Labute approximate surface area is 131 Å². The zero-order valence-electron chi connectivity index (χ0n) is 13.3. The molecule has 2 aromatic rings. The SMILES string of the molecule is C[C@H]1CCN(C)c2ccccc2N1C[C@@H](O)Cn1cccn1. The zero-order chi connectivity index (χ0) is 15.5. The third-order valence-electron chi connectivity index (χ3n) is 4.38. The lowest BCUT2D eigenvalue weighted by Gasteiger charge is -2.32. The molecular weight excluding hydrogens is 276 g/mol. The highest BCUT2D eigenvalue weighted by Crippen LogP contribution is 2.33. The van der Waals surface area contributed by atoms with E-state index >= 15 is 0 Å². The second-order valence-electron chi connectivity index (χ2n) is 6.08. The summed E-state index contributed by atoms with van der Waals surface area (Å²) in [4.78, 5) is 4.62. The third-order valence-corrected chi connectivity index (χ3v) is 4.38. The molecular formula is C17H24N4O. The van der Waals surface area contributed by atoms with Gasteiger partial charge in [0.15, 0.2) is 0 Å². The summed E-state index contributed by atoms with van der Waals surface area (Å²) in [7, 11) is 2.13. The fourth-order valence-corrected chi connectivity index (χ4v) is 3.11. The van der Waals surface area contributed by atoms with Crippen molar-refractivity contribution >= 4 is 11.4 Å². The van der Waals surface area contributed by atoms with Crippen molar-refractivity contribution in [3.63, 3.8) is 0 Å². The number of aliphatic hydroxyl groups excluding tert-OH is 1. The number of aliphatic hydroxyl groups is 1. The van der Waals surface area contributed by atoms with Crippen LogP contribution in [-0.2, 0) is 6.54 Å². The normalized spacial score (nSPS) is 19.7. The maximum absolute atomic E-state index is 10.5.